The number of thioether (sulfide) groups is 1. The van der Waals surface area contributed by atoms with Crippen LogP contribution in [0.2, 0.25) is 5.02 Å². The van der Waals surface area contributed by atoms with Crippen LogP contribution in [-0.2, 0) is 11.3 Å². The molecule has 11 heteroatoms. The predicted molar refractivity (Wildman–Crippen MR) is 100 cm³/mol. The van der Waals surface area contributed by atoms with Crippen molar-refractivity contribution < 1.29 is 9.21 Å². The largest absolute Gasteiger partial charge is 0.414 e. The molecular weight excluding hydrogens is 394 g/mol. The fraction of sp³-hybridized carbons (Fsp3) is 0.188. The normalized spacial score (nSPS) is 10.7. The van der Waals surface area contributed by atoms with Gasteiger partial charge in [0.05, 0.1) is 5.75 Å². The molecule has 0 aliphatic carbocycles. The molecule has 140 valence electrons. The van der Waals surface area contributed by atoms with Crippen molar-refractivity contribution in [3.05, 3.63) is 67.8 Å². The first-order valence-electron chi connectivity index (χ1n) is 7.71. The summed E-state index contributed by atoms with van der Waals surface area (Å²) in [5.41, 5.74) is 0.453. The summed E-state index contributed by atoms with van der Waals surface area (Å²) in [4.78, 5) is 36.8. The summed E-state index contributed by atoms with van der Waals surface area (Å²) >= 11 is 7.09. The van der Waals surface area contributed by atoms with Gasteiger partial charge in [-0.05, 0) is 24.6 Å². The highest BCUT2D eigenvalue weighted by atomic mass is 35.5. The number of aromatic nitrogens is 4. The number of benzene rings is 1. The predicted octanol–water partition coefficient (Wildman–Crippen LogP) is 1.66. The third kappa shape index (κ3) is 5.08. The van der Waals surface area contributed by atoms with Crippen molar-refractivity contribution >= 4 is 35.0 Å². The lowest BCUT2D eigenvalue weighted by molar-refractivity contribution is -0.113. The van der Waals surface area contributed by atoms with Crippen LogP contribution in [0.1, 0.15) is 11.5 Å². The van der Waals surface area contributed by atoms with Gasteiger partial charge in [0.2, 0.25) is 11.8 Å². The summed E-state index contributed by atoms with van der Waals surface area (Å²) in [6.45, 7) is 1.88. The van der Waals surface area contributed by atoms with Crippen LogP contribution in [0.3, 0.4) is 0 Å². The summed E-state index contributed by atoms with van der Waals surface area (Å²) in [5, 5.41) is 11.1. The average Bonchev–Trinajstić information content (AvgIpc) is 3.06. The summed E-state index contributed by atoms with van der Waals surface area (Å²) < 4.78 is 6.62. The average molecular weight is 408 g/mol. The molecule has 27 heavy (non-hydrogen) atoms. The van der Waals surface area contributed by atoms with E-state index in [-0.39, 0.29) is 29.3 Å². The first-order chi connectivity index (χ1) is 12.9. The smallest absolute Gasteiger partial charge is 0.328 e. The Morgan fingerprint density at radius 1 is 1.33 bits per heavy atom. The van der Waals surface area contributed by atoms with E-state index in [0.717, 1.165) is 17.3 Å². The molecular formula is C16H14ClN5O4S. The maximum Gasteiger partial charge on any atom is 0.328 e. The van der Waals surface area contributed by atoms with E-state index in [1.165, 1.54) is 16.8 Å². The number of aromatic amines is 1. The molecule has 0 aliphatic heterocycles. The molecule has 0 atom stereocenters. The Hall–Kier alpha value is -2.85. The van der Waals surface area contributed by atoms with Gasteiger partial charge in [-0.2, -0.15) is 0 Å². The van der Waals surface area contributed by atoms with E-state index in [1.807, 2.05) is 13.0 Å². The van der Waals surface area contributed by atoms with Gasteiger partial charge in [-0.15, -0.1) is 10.2 Å². The maximum absolute atomic E-state index is 12.0. The molecule has 0 saturated heterocycles. The molecule has 3 rings (SSSR count). The zero-order valence-electron chi connectivity index (χ0n) is 14.1. The Bertz CT molecular complexity index is 1090. The lowest BCUT2D eigenvalue weighted by Gasteiger charge is -2.05. The third-order valence-corrected chi connectivity index (χ3v) is 4.66. The van der Waals surface area contributed by atoms with Gasteiger partial charge < -0.3 is 9.73 Å². The van der Waals surface area contributed by atoms with Crippen LogP contribution in [0.5, 0.6) is 0 Å². The van der Waals surface area contributed by atoms with Crippen LogP contribution in [0.25, 0.3) is 0 Å². The molecule has 0 fully saturated rings. The summed E-state index contributed by atoms with van der Waals surface area (Å²) in [6.07, 6.45) is 1.33. The van der Waals surface area contributed by atoms with Gasteiger partial charge in [0.15, 0.2) is 0 Å². The van der Waals surface area contributed by atoms with Crippen LogP contribution < -0.4 is 16.6 Å². The summed E-state index contributed by atoms with van der Waals surface area (Å²) in [7, 11) is 0. The van der Waals surface area contributed by atoms with Gasteiger partial charge in [0.1, 0.15) is 6.54 Å². The minimum atomic E-state index is -0.578. The van der Waals surface area contributed by atoms with Gasteiger partial charge in [-0.3, -0.25) is 19.1 Å². The fourth-order valence-electron chi connectivity index (χ4n) is 2.07. The van der Waals surface area contributed by atoms with Crippen molar-refractivity contribution in [2.45, 2.75) is 18.7 Å². The number of anilines is 1. The zero-order valence-corrected chi connectivity index (χ0v) is 15.6. The van der Waals surface area contributed by atoms with Crippen molar-refractivity contribution in [1.82, 2.24) is 19.7 Å². The summed E-state index contributed by atoms with van der Waals surface area (Å²) in [6, 6.07) is 6.46. The van der Waals surface area contributed by atoms with E-state index in [4.69, 9.17) is 16.0 Å². The lowest BCUT2D eigenvalue weighted by Crippen LogP contribution is -2.28. The van der Waals surface area contributed by atoms with Crippen molar-refractivity contribution in [3.8, 4) is 0 Å². The van der Waals surface area contributed by atoms with Crippen LogP contribution in [0.15, 0.2) is 49.7 Å². The highest BCUT2D eigenvalue weighted by Crippen LogP contribution is 2.21. The zero-order chi connectivity index (χ0) is 19.4. The Labute approximate surface area is 161 Å². The fourth-order valence-corrected chi connectivity index (χ4v) is 2.83. The molecule has 1 amide bonds. The van der Waals surface area contributed by atoms with Gasteiger partial charge >= 0.3 is 5.69 Å². The molecule has 2 aromatic heterocycles. The maximum atomic E-state index is 12.0. The number of nitrogens with one attached hydrogen (secondary N) is 2. The van der Waals surface area contributed by atoms with Gasteiger partial charge in [0, 0.05) is 23.0 Å². The van der Waals surface area contributed by atoms with Crippen LogP contribution in [0.4, 0.5) is 5.69 Å². The van der Waals surface area contributed by atoms with E-state index in [2.05, 4.69) is 20.5 Å². The highest BCUT2D eigenvalue weighted by Gasteiger charge is 2.11. The Kier molecular flexibility index (Phi) is 5.77. The number of H-pyrrole nitrogens is 1. The molecule has 2 N–H and O–H groups in total. The first kappa shape index (κ1) is 18.9. The van der Waals surface area contributed by atoms with E-state index in [0.29, 0.717) is 10.7 Å². The van der Waals surface area contributed by atoms with Crippen molar-refractivity contribution in [1.29, 1.82) is 0 Å². The Balaban J connectivity index is 1.55. The van der Waals surface area contributed by atoms with Gasteiger partial charge in [-0.25, -0.2) is 4.79 Å². The Morgan fingerprint density at radius 2 is 2.15 bits per heavy atom. The number of hydrogen-bond acceptors (Lipinski definition) is 7. The lowest BCUT2D eigenvalue weighted by atomic mass is 10.2. The molecule has 1 aromatic carbocycles. The van der Waals surface area contributed by atoms with E-state index < -0.39 is 11.2 Å². The standard InChI is InChI=1S/C16H14ClN5O4S/c1-9-2-3-10(6-11(9)17)18-13(24)8-27-16-21-20-14(26-16)7-22-5-4-12(23)19-15(22)25/h2-6H,7-8H2,1H3,(H,18,24)(H,19,23,25). The van der Waals surface area contributed by atoms with Gasteiger partial charge in [0.25, 0.3) is 10.8 Å². The van der Waals surface area contributed by atoms with Crippen molar-refractivity contribution in [2.75, 3.05) is 11.1 Å². The van der Waals surface area contributed by atoms with Crippen LogP contribution >= 0.6 is 23.4 Å². The molecule has 0 radical (unpaired) electrons. The number of carbonyl (C=O) groups excluding carboxylic acids is 1. The topological polar surface area (TPSA) is 123 Å². The summed E-state index contributed by atoms with van der Waals surface area (Å²) in [5.74, 6) is -0.0139. The minimum Gasteiger partial charge on any atom is -0.414 e. The molecule has 2 heterocycles. The van der Waals surface area contributed by atoms with Crippen molar-refractivity contribution in [3.63, 3.8) is 0 Å². The number of nitrogens with zero attached hydrogens (tertiary/aromatic N) is 3. The number of halogens is 1. The Morgan fingerprint density at radius 3 is 2.89 bits per heavy atom. The highest BCUT2D eigenvalue weighted by molar-refractivity contribution is 7.99. The quantitative estimate of drug-likeness (QED) is 0.595. The number of carbonyl (C=O) groups is 1. The second kappa shape index (κ2) is 8.23. The number of amides is 1. The third-order valence-electron chi connectivity index (χ3n) is 3.43. The number of hydrogen-bond donors (Lipinski definition) is 2. The van der Waals surface area contributed by atoms with Gasteiger partial charge in [-0.1, -0.05) is 29.4 Å². The molecule has 0 aliphatic rings. The van der Waals surface area contributed by atoms with Crippen molar-refractivity contribution in [2.24, 2.45) is 0 Å². The second-order valence-corrected chi connectivity index (χ2v) is 6.83. The molecule has 0 saturated carbocycles. The monoisotopic (exact) mass is 407 g/mol. The van der Waals surface area contributed by atoms with Crippen LogP contribution in [-0.4, -0.2) is 31.4 Å². The number of rotatable bonds is 6. The molecule has 0 unspecified atom stereocenters. The molecule has 0 bridgehead atoms. The van der Waals surface area contributed by atoms with E-state index >= 15 is 0 Å². The SMILES string of the molecule is Cc1ccc(NC(=O)CSc2nnc(Cn3ccc(=O)[nH]c3=O)o2)cc1Cl. The molecule has 9 nitrogen and oxygen atoms in total. The molecule has 0 spiro atoms. The number of aryl methyl sites for hydroxylation is 1. The van der Waals surface area contributed by atoms with E-state index in [9.17, 15) is 14.4 Å². The second-order valence-electron chi connectivity index (χ2n) is 5.50. The van der Waals surface area contributed by atoms with Crippen LogP contribution in [0, 0.1) is 6.92 Å². The molecule has 3 aromatic rings. The minimum absolute atomic E-state index is 0.0111. The van der Waals surface area contributed by atoms with E-state index in [1.54, 1.807) is 12.1 Å². The first-order valence-corrected chi connectivity index (χ1v) is 9.08.